The first-order valence-electron chi connectivity index (χ1n) is 9.46. The zero-order valence-electron chi connectivity index (χ0n) is 15.7. The van der Waals surface area contributed by atoms with Crippen LogP contribution in [0.25, 0.3) is 21.7 Å². The minimum absolute atomic E-state index is 0.290. The summed E-state index contributed by atoms with van der Waals surface area (Å²) in [6, 6.07) is 24.7. The summed E-state index contributed by atoms with van der Waals surface area (Å²) in [4.78, 5) is 12.1. The van der Waals surface area contributed by atoms with Crippen LogP contribution >= 0.6 is 0 Å². The smallest absolute Gasteiger partial charge is 0.336 e. The summed E-state index contributed by atoms with van der Waals surface area (Å²) in [6.07, 6.45) is 0. The third kappa shape index (κ3) is 3.51. The fourth-order valence-corrected chi connectivity index (χ4v) is 3.90. The molecule has 0 fully saturated rings. The summed E-state index contributed by atoms with van der Waals surface area (Å²) >= 11 is 0. The minimum Gasteiger partial charge on any atom is -0.423 e. The highest BCUT2D eigenvalue weighted by Crippen LogP contribution is 2.27. The molecule has 3 heteroatoms. The van der Waals surface area contributed by atoms with Crippen LogP contribution in [0.2, 0.25) is 0 Å². The number of quaternary nitrogens is 1. The first kappa shape index (κ1) is 17.5. The van der Waals surface area contributed by atoms with Crippen LogP contribution in [0.4, 0.5) is 0 Å². The van der Waals surface area contributed by atoms with Crippen molar-refractivity contribution in [2.45, 2.75) is 26.4 Å². The van der Waals surface area contributed by atoms with Crippen LogP contribution in [-0.2, 0) is 6.54 Å². The number of benzene rings is 3. The lowest BCUT2D eigenvalue weighted by Crippen LogP contribution is -2.84. The maximum Gasteiger partial charge on any atom is 0.336 e. The van der Waals surface area contributed by atoms with Gasteiger partial charge < -0.3 is 9.73 Å². The summed E-state index contributed by atoms with van der Waals surface area (Å²) in [5, 5.41) is 5.65. The lowest BCUT2D eigenvalue weighted by molar-refractivity contribution is -0.716. The van der Waals surface area contributed by atoms with Crippen LogP contribution < -0.4 is 10.9 Å². The van der Waals surface area contributed by atoms with Crippen molar-refractivity contribution >= 4 is 21.7 Å². The third-order valence-electron chi connectivity index (χ3n) is 5.21. The molecule has 0 amide bonds. The molecule has 3 aromatic carbocycles. The van der Waals surface area contributed by atoms with E-state index >= 15 is 0 Å². The molecular formula is C24H24NO2+. The normalized spacial score (nSPS) is 12.7. The van der Waals surface area contributed by atoms with Crippen molar-refractivity contribution in [2.75, 3.05) is 0 Å². The fraction of sp³-hybridized carbons (Fsp3) is 0.208. The van der Waals surface area contributed by atoms with Gasteiger partial charge in [0.05, 0.1) is 0 Å². The molecule has 136 valence electrons. The van der Waals surface area contributed by atoms with E-state index in [1.165, 1.54) is 5.56 Å². The van der Waals surface area contributed by atoms with Crippen LogP contribution in [0, 0.1) is 5.92 Å². The molecule has 4 aromatic rings. The maximum absolute atomic E-state index is 12.1. The summed E-state index contributed by atoms with van der Waals surface area (Å²) in [5.74, 6) is 0.482. The SMILES string of the molecule is CC(C)[C@@H]([NH2+]Cc1cc(=O)oc2ccc3ccccc3c12)c1ccccc1. The van der Waals surface area contributed by atoms with E-state index in [2.05, 4.69) is 55.6 Å². The van der Waals surface area contributed by atoms with E-state index in [0.717, 1.165) is 28.3 Å². The van der Waals surface area contributed by atoms with Gasteiger partial charge in [0, 0.05) is 28.5 Å². The zero-order valence-corrected chi connectivity index (χ0v) is 15.7. The number of hydrogen-bond donors (Lipinski definition) is 1. The van der Waals surface area contributed by atoms with Crippen molar-refractivity contribution in [3.05, 3.63) is 94.3 Å². The van der Waals surface area contributed by atoms with Crippen molar-refractivity contribution in [3.8, 4) is 0 Å². The predicted octanol–water partition coefficient (Wildman–Crippen LogP) is 4.41. The van der Waals surface area contributed by atoms with E-state index in [9.17, 15) is 4.79 Å². The number of nitrogens with two attached hydrogens (primary N) is 1. The Balaban J connectivity index is 1.77. The quantitative estimate of drug-likeness (QED) is 0.424. The second-order valence-electron chi connectivity index (χ2n) is 7.37. The third-order valence-corrected chi connectivity index (χ3v) is 5.21. The molecule has 0 bridgehead atoms. The van der Waals surface area contributed by atoms with E-state index in [1.807, 2.05) is 30.3 Å². The summed E-state index contributed by atoms with van der Waals surface area (Å²) < 4.78 is 5.48. The summed E-state index contributed by atoms with van der Waals surface area (Å²) in [6.45, 7) is 5.20. The molecule has 4 rings (SSSR count). The van der Waals surface area contributed by atoms with Gasteiger partial charge >= 0.3 is 5.63 Å². The lowest BCUT2D eigenvalue weighted by Gasteiger charge is -2.20. The molecule has 1 atom stereocenters. The highest BCUT2D eigenvalue weighted by Gasteiger charge is 2.20. The van der Waals surface area contributed by atoms with Gasteiger partial charge in [-0.05, 0) is 16.8 Å². The van der Waals surface area contributed by atoms with Gasteiger partial charge in [-0.3, -0.25) is 0 Å². The van der Waals surface area contributed by atoms with Crippen molar-refractivity contribution in [2.24, 2.45) is 5.92 Å². The largest absolute Gasteiger partial charge is 0.423 e. The second kappa shape index (κ2) is 7.37. The Labute approximate surface area is 158 Å². The molecule has 3 nitrogen and oxygen atoms in total. The van der Waals surface area contributed by atoms with E-state index in [1.54, 1.807) is 6.07 Å². The molecular weight excluding hydrogens is 334 g/mol. The van der Waals surface area contributed by atoms with Crippen LogP contribution in [0.3, 0.4) is 0 Å². The molecule has 27 heavy (non-hydrogen) atoms. The minimum atomic E-state index is -0.290. The Morgan fingerprint density at radius 1 is 0.926 bits per heavy atom. The molecule has 0 aliphatic heterocycles. The van der Waals surface area contributed by atoms with Gasteiger partial charge in [-0.25, -0.2) is 4.79 Å². The molecule has 0 aliphatic rings. The van der Waals surface area contributed by atoms with Crippen molar-refractivity contribution in [1.82, 2.24) is 0 Å². The monoisotopic (exact) mass is 358 g/mol. The maximum atomic E-state index is 12.1. The average molecular weight is 358 g/mol. The Morgan fingerprint density at radius 2 is 1.67 bits per heavy atom. The summed E-state index contributed by atoms with van der Waals surface area (Å²) in [5.41, 5.74) is 2.71. The standard InChI is InChI=1S/C24H23NO2/c1-16(2)24(18-9-4-3-5-10-18)25-15-19-14-22(26)27-21-13-12-17-8-6-7-11-20(17)23(19)21/h3-14,16,24-25H,15H2,1-2H3/p+1/t24-/m1/s1. The van der Waals surface area contributed by atoms with Gasteiger partial charge in [-0.2, -0.15) is 0 Å². The van der Waals surface area contributed by atoms with E-state index in [0.29, 0.717) is 17.5 Å². The van der Waals surface area contributed by atoms with Crippen LogP contribution in [0.15, 0.2) is 82.0 Å². The zero-order chi connectivity index (χ0) is 18.8. The number of hydrogen-bond acceptors (Lipinski definition) is 2. The second-order valence-corrected chi connectivity index (χ2v) is 7.37. The van der Waals surface area contributed by atoms with Crippen molar-refractivity contribution < 1.29 is 9.73 Å². The van der Waals surface area contributed by atoms with Gasteiger partial charge in [0.2, 0.25) is 0 Å². The fourth-order valence-electron chi connectivity index (χ4n) is 3.90. The van der Waals surface area contributed by atoms with E-state index in [4.69, 9.17) is 4.42 Å². The molecule has 0 spiro atoms. The lowest BCUT2D eigenvalue weighted by atomic mass is 9.95. The molecule has 1 aromatic heterocycles. The Kier molecular flexibility index (Phi) is 4.78. The van der Waals surface area contributed by atoms with Gasteiger partial charge in [0.1, 0.15) is 18.2 Å². The first-order chi connectivity index (χ1) is 13.1. The Bertz CT molecular complexity index is 1130. The molecule has 0 radical (unpaired) electrons. The van der Waals surface area contributed by atoms with Gasteiger partial charge in [-0.1, -0.05) is 74.5 Å². The Hall–Kier alpha value is -2.91. The first-order valence-corrected chi connectivity index (χ1v) is 9.46. The molecule has 0 unspecified atom stereocenters. The molecule has 1 heterocycles. The van der Waals surface area contributed by atoms with E-state index in [-0.39, 0.29) is 5.63 Å². The van der Waals surface area contributed by atoms with Gasteiger partial charge in [-0.15, -0.1) is 0 Å². The van der Waals surface area contributed by atoms with Gasteiger partial charge in [0.15, 0.2) is 0 Å². The highest BCUT2D eigenvalue weighted by molar-refractivity contribution is 6.06. The number of rotatable bonds is 5. The topological polar surface area (TPSA) is 46.8 Å². The van der Waals surface area contributed by atoms with Crippen LogP contribution in [-0.4, -0.2) is 0 Å². The molecule has 2 N–H and O–H groups in total. The van der Waals surface area contributed by atoms with Crippen molar-refractivity contribution in [1.29, 1.82) is 0 Å². The van der Waals surface area contributed by atoms with Crippen LogP contribution in [0.1, 0.15) is 31.0 Å². The molecule has 0 saturated heterocycles. The molecule has 0 saturated carbocycles. The van der Waals surface area contributed by atoms with Gasteiger partial charge in [0.25, 0.3) is 0 Å². The van der Waals surface area contributed by atoms with E-state index < -0.39 is 0 Å². The van der Waals surface area contributed by atoms with Crippen LogP contribution in [0.5, 0.6) is 0 Å². The highest BCUT2D eigenvalue weighted by atomic mass is 16.4. The molecule has 0 aliphatic carbocycles. The number of fused-ring (bicyclic) bond motifs is 3. The van der Waals surface area contributed by atoms with Crippen molar-refractivity contribution in [3.63, 3.8) is 0 Å². The summed E-state index contributed by atoms with van der Waals surface area (Å²) in [7, 11) is 0. The Morgan fingerprint density at radius 3 is 2.44 bits per heavy atom. The predicted molar refractivity (Wildman–Crippen MR) is 110 cm³/mol. The average Bonchev–Trinajstić information content (AvgIpc) is 2.68.